The van der Waals surface area contributed by atoms with Crippen LogP contribution in [-0.2, 0) is 0 Å². The SMILES string of the molecule is C=C(c1ccccc1C(=O)Nc1ncns1)C(F)(F)F. The molecule has 0 radical (unpaired) electrons. The van der Waals surface area contributed by atoms with Crippen molar-refractivity contribution in [3.05, 3.63) is 48.3 Å². The van der Waals surface area contributed by atoms with Crippen molar-refractivity contribution in [1.82, 2.24) is 9.36 Å². The molecule has 4 nitrogen and oxygen atoms in total. The van der Waals surface area contributed by atoms with Crippen molar-refractivity contribution in [3.63, 3.8) is 0 Å². The summed E-state index contributed by atoms with van der Waals surface area (Å²) in [5.74, 6) is -0.692. The number of amides is 1. The summed E-state index contributed by atoms with van der Waals surface area (Å²) in [4.78, 5) is 15.7. The number of rotatable bonds is 3. The quantitative estimate of drug-likeness (QED) is 0.945. The molecule has 20 heavy (non-hydrogen) atoms. The molecule has 1 aromatic carbocycles. The molecule has 8 heteroatoms. The summed E-state index contributed by atoms with van der Waals surface area (Å²) in [6, 6.07) is 5.38. The average molecular weight is 299 g/mol. The van der Waals surface area contributed by atoms with Crippen LogP contribution in [0.15, 0.2) is 37.2 Å². The van der Waals surface area contributed by atoms with E-state index in [1.165, 1.54) is 30.6 Å². The Morgan fingerprint density at radius 1 is 1.25 bits per heavy atom. The number of nitrogens with zero attached hydrogens (tertiary/aromatic N) is 2. The molecule has 0 aliphatic rings. The third-order valence-electron chi connectivity index (χ3n) is 2.42. The van der Waals surface area contributed by atoms with Crippen molar-refractivity contribution in [2.24, 2.45) is 0 Å². The van der Waals surface area contributed by atoms with Gasteiger partial charge < -0.3 is 0 Å². The first-order valence-corrected chi connectivity index (χ1v) is 6.10. The maximum absolute atomic E-state index is 12.7. The van der Waals surface area contributed by atoms with E-state index in [9.17, 15) is 18.0 Å². The Balaban J connectivity index is 2.33. The molecule has 0 spiro atoms. The van der Waals surface area contributed by atoms with E-state index in [0.717, 1.165) is 11.5 Å². The average Bonchev–Trinajstić information content (AvgIpc) is 2.89. The predicted octanol–water partition coefficient (Wildman–Crippen LogP) is 3.37. The van der Waals surface area contributed by atoms with Gasteiger partial charge in [0.15, 0.2) is 0 Å². The van der Waals surface area contributed by atoms with Crippen LogP contribution in [0.3, 0.4) is 0 Å². The van der Waals surface area contributed by atoms with E-state index in [4.69, 9.17) is 0 Å². The van der Waals surface area contributed by atoms with Gasteiger partial charge in [-0.05, 0) is 11.6 Å². The summed E-state index contributed by atoms with van der Waals surface area (Å²) in [5.41, 5.74) is -1.45. The van der Waals surface area contributed by atoms with Gasteiger partial charge in [-0.1, -0.05) is 24.8 Å². The van der Waals surface area contributed by atoms with Gasteiger partial charge in [0.2, 0.25) is 5.13 Å². The first-order valence-electron chi connectivity index (χ1n) is 5.33. The molecule has 1 heterocycles. The molecule has 0 aliphatic carbocycles. The molecule has 1 N–H and O–H groups in total. The van der Waals surface area contributed by atoms with Crippen LogP contribution >= 0.6 is 11.5 Å². The first-order chi connectivity index (χ1) is 9.39. The van der Waals surface area contributed by atoms with E-state index in [2.05, 4.69) is 21.3 Å². The number of allylic oxidation sites excluding steroid dienone is 1. The van der Waals surface area contributed by atoms with Crippen molar-refractivity contribution >= 4 is 28.1 Å². The molecular formula is C12H8F3N3OS. The van der Waals surface area contributed by atoms with E-state index in [-0.39, 0.29) is 16.3 Å². The van der Waals surface area contributed by atoms with Gasteiger partial charge in [0.05, 0.1) is 5.57 Å². The molecule has 0 atom stereocenters. The van der Waals surface area contributed by atoms with Crippen molar-refractivity contribution < 1.29 is 18.0 Å². The molecule has 0 fully saturated rings. The van der Waals surface area contributed by atoms with Gasteiger partial charge in [0.25, 0.3) is 5.91 Å². The molecule has 2 rings (SSSR count). The Morgan fingerprint density at radius 2 is 1.90 bits per heavy atom. The second-order valence-corrected chi connectivity index (χ2v) is 4.50. The highest BCUT2D eigenvalue weighted by Crippen LogP contribution is 2.34. The number of hydrogen-bond donors (Lipinski definition) is 1. The Hall–Kier alpha value is -2.22. The van der Waals surface area contributed by atoms with Crippen molar-refractivity contribution in [1.29, 1.82) is 0 Å². The van der Waals surface area contributed by atoms with Crippen molar-refractivity contribution in [2.75, 3.05) is 5.32 Å². The van der Waals surface area contributed by atoms with Gasteiger partial charge in [0, 0.05) is 17.1 Å². The number of alkyl halides is 3. The number of benzene rings is 1. The maximum Gasteiger partial charge on any atom is 0.416 e. The molecule has 1 amide bonds. The fourth-order valence-electron chi connectivity index (χ4n) is 1.49. The smallest absolute Gasteiger partial charge is 0.297 e. The molecule has 0 aliphatic heterocycles. The largest absolute Gasteiger partial charge is 0.416 e. The van der Waals surface area contributed by atoms with E-state index < -0.39 is 17.7 Å². The van der Waals surface area contributed by atoms with Crippen LogP contribution in [0.1, 0.15) is 15.9 Å². The van der Waals surface area contributed by atoms with Gasteiger partial charge in [-0.15, -0.1) is 0 Å². The van der Waals surface area contributed by atoms with Gasteiger partial charge in [0.1, 0.15) is 6.33 Å². The van der Waals surface area contributed by atoms with Crippen LogP contribution < -0.4 is 5.32 Å². The summed E-state index contributed by atoms with van der Waals surface area (Å²) >= 11 is 0.928. The summed E-state index contributed by atoms with van der Waals surface area (Å²) in [7, 11) is 0. The maximum atomic E-state index is 12.7. The highest BCUT2D eigenvalue weighted by atomic mass is 32.1. The van der Waals surface area contributed by atoms with Crippen LogP contribution in [-0.4, -0.2) is 21.4 Å². The zero-order chi connectivity index (χ0) is 14.8. The topological polar surface area (TPSA) is 54.9 Å². The van der Waals surface area contributed by atoms with E-state index in [1.807, 2.05) is 0 Å². The molecule has 0 saturated heterocycles. The number of carbonyl (C=O) groups excluding carboxylic acids is 1. The van der Waals surface area contributed by atoms with Gasteiger partial charge in [-0.25, -0.2) is 4.98 Å². The fourth-order valence-corrected chi connectivity index (χ4v) is 1.92. The summed E-state index contributed by atoms with van der Waals surface area (Å²) in [5, 5.41) is 2.59. The highest BCUT2D eigenvalue weighted by Gasteiger charge is 2.34. The zero-order valence-corrected chi connectivity index (χ0v) is 10.8. The second kappa shape index (κ2) is 5.41. The molecule has 2 aromatic rings. The lowest BCUT2D eigenvalue weighted by atomic mass is 10.00. The monoisotopic (exact) mass is 299 g/mol. The minimum absolute atomic E-state index is 0.120. The molecule has 0 saturated carbocycles. The number of hydrogen-bond acceptors (Lipinski definition) is 4. The van der Waals surface area contributed by atoms with Crippen LogP contribution in [0, 0.1) is 0 Å². The van der Waals surface area contributed by atoms with Gasteiger partial charge in [-0.2, -0.15) is 17.5 Å². The number of aromatic nitrogens is 2. The lowest BCUT2D eigenvalue weighted by Gasteiger charge is -2.13. The minimum Gasteiger partial charge on any atom is -0.297 e. The number of carbonyl (C=O) groups is 1. The van der Waals surface area contributed by atoms with Crippen LogP contribution in [0.5, 0.6) is 0 Å². The van der Waals surface area contributed by atoms with Crippen molar-refractivity contribution in [2.45, 2.75) is 6.18 Å². The predicted molar refractivity (Wildman–Crippen MR) is 69.4 cm³/mol. The lowest BCUT2D eigenvalue weighted by molar-refractivity contribution is -0.0686. The molecular weight excluding hydrogens is 291 g/mol. The Bertz CT molecular complexity index is 638. The Kier molecular flexibility index (Phi) is 3.84. The minimum atomic E-state index is -4.60. The third kappa shape index (κ3) is 3.02. The highest BCUT2D eigenvalue weighted by molar-refractivity contribution is 7.09. The van der Waals surface area contributed by atoms with Crippen LogP contribution in [0.2, 0.25) is 0 Å². The third-order valence-corrected chi connectivity index (χ3v) is 3.00. The van der Waals surface area contributed by atoms with Crippen LogP contribution in [0.4, 0.5) is 18.3 Å². The molecule has 0 bridgehead atoms. The van der Waals surface area contributed by atoms with Gasteiger partial charge in [-0.3, -0.25) is 10.1 Å². The Morgan fingerprint density at radius 3 is 2.45 bits per heavy atom. The number of anilines is 1. The standard InChI is InChI=1S/C12H8F3N3OS/c1-7(12(13,14)15)8-4-2-3-5-9(8)10(19)18-11-16-6-17-20-11/h2-6H,1H2,(H,16,17,18,19). The van der Waals surface area contributed by atoms with E-state index >= 15 is 0 Å². The summed E-state index contributed by atoms with van der Waals surface area (Å²) in [6.07, 6.45) is -3.36. The molecule has 104 valence electrons. The van der Waals surface area contributed by atoms with E-state index in [0.29, 0.717) is 0 Å². The summed E-state index contributed by atoms with van der Waals surface area (Å²) < 4.78 is 41.8. The zero-order valence-electron chi connectivity index (χ0n) is 9.94. The Labute approximate surface area is 116 Å². The van der Waals surface area contributed by atoms with Crippen LogP contribution in [0.25, 0.3) is 5.57 Å². The first kappa shape index (κ1) is 14.2. The molecule has 1 aromatic heterocycles. The normalized spacial score (nSPS) is 11.2. The number of halogens is 3. The lowest BCUT2D eigenvalue weighted by Crippen LogP contribution is -2.17. The second-order valence-electron chi connectivity index (χ2n) is 3.72. The van der Waals surface area contributed by atoms with Gasteiger partial charge >= 0.3 is 6.18 Å². The number of nitrogens with one attached hydrogen (secondary N) is 1. The van der Waals surface area contributed by atoms with Crippen molar-refractivity contribution in [3.8, 4) is 0 Å². The molecule has 0 unspecified atom stereocenters. The fraction of sp³-hybridized carbons (Fsp3) is 0.0833. The van der Waals surface area contributed by atoms with E-state index in [1.54, 1.807) is 0 Å². The summed E-state index contributed by atoms with van der Waals surface area (Å²) in [6.45, 7) is 3.01.